The average molecular weight is 192 g/mol. The molecule has 0 aromatic rings. The Bertz CT molecular complexity index is 271. The quantitative estimate of drug-likeness (QED) is 0.680. The maximum absolute atomic E-state index is 9.79. The Kier molecular flexibility index (Phi) is 4.15. The molecule has 1 rings (SSSR count). The van der Waals surface area contributed by atoms with E-state index in [4.69, 9.17) is 0 Å². The minimum Gasteiger partial charge on any atom is -0.385 e. The van der Waals surface area contributed by atoms with Crippen molar-refractivity contribution < 1.29 is 5.11 Å². The van der Waals surface area contributed by atoms with Crippen LogP contribution < -0.4 is 0 Å². The Labute approximate surface area is 86.8 Å². The number of hydrogen-bond donors (Lipinski definition) is 1. The molecule has 1 atom stereocenters. The van der Waals surface area contributed by atoms with Gasteiger partial charge in [0.2, 0.25) is 0 Å². The summed E-state index contributed by atoms with van der Waals surface area (Å²) >= 11 is 0. The molecule has 1 unspecified atom stereocenters. The highest BCUT2D eigenvalue weighted by Gasteiger charge is 2.17. The third-order valence-corrected chi connectivity index (χ3v) is 3.00. The molecule has 1 nitrogen and oxygen atoms in total. The largest absolute Gasteiger partial charge is 0.385 e. The second-order valence-electron chi connectivity index (χ2n) is 3.86. The average Bonchev–Trinajstić information content (AvgIpc) is 2.27. The van der Waals surface area contributed by atoms with Crippen LogP contribution >= 0.6 is 0 Å². The number of allylic oxidation sites excluding steroid dienone is 3. The van der Waals surface area contributed by atoms with Crippen LogP contribution in [0.1, 0.15) is 39.5 Å². The topological polar surface area (TPSA) is 20.2 Å². The Hall–Kier alpha value is -0.820. The molecule has 78 valence electrons. The maximum Gasteiger partial charge on any atom is 0.0934 e. The minimum absolute atomic E-state index is 0.444. The zero-order valence-corrected chi connectivity index (χ0v) is 9.21. The number of aliphatic hydroxyl groups is 1. The monoisotopic (exact) mass is 192 g/mol. The van der Waals surface area contributed by atoms with Crippen molar-refractivity contribution in [2.24, 2.45) is 0 Å². The fraction of sp³-hybridized carbons (Fsp3) is 0.538. The molecule has 1 heteroatoms. The van der Waals surface area contributed by atoms with Crippen LogP contribution in [-0.4, -0.2) is 11.2 Å². The Morgan fingerprint density at radius 3 is 2.64 bits per heavy atom. The predicted octanol–water partition coefficient (Wildman–Crippen LogP) is 3.37. The molecule has 0 amide bonds. The van der Waals surface area contributed by atoms with Gasteiger partial charge in [-0.15, -0.1) is 6.58 Å². The summed E-state index contributed by atoms with van der Waals surface area (Å²) < 4.78 is 0. The predicted molar refractivity (Wildman–Crippen MR) is 61.1 cm³/mol. The van der Waals surface area contributed by atoms with Crippen LogP contribution in [0.15, 0.2) is 35.5 Å². The highest BCUT2D eigenvalue weighted by molar-refractivity contribution is 5.38. The standard InChI is InChI=1S/C13H20O/c1-4-10(3)11-8-6-7-9-12(11)13(14)5-2/h4-5,13-14H,2,6-9H2,1,3H3/b10-4-. The summed E-state index contributed by atoms with van der Waals surface area (Å²) in [5.41, 5.74) is 3.84. The van der Waals surface area contributed by atoms with Gasteiger partial charge in [-0.05, 0) is 50.7 Å². The van der Waals surface area contributed by atoms with Crippen molar-refractivity contribution in [1.82, 2.24) is 0 Å². The van der Waals surface area contributed by atoms with Crippen molar-refractivity contribution in [2.45, 2.75) is 45.6 Å². The molecule has 0 aliphatic heterocycles. The van der Waals surface area contributed by atoms with E-state index >= 15 is 0 Å². The highest BCUT2D eigenvalue weighted by Crippen LogP contribution is 2.31. The van der Waals surface area contributed by atoms with Gasteiger partial charge in [0.05, 0.1) is 6.10 Å². The van der Waals surface area contributed by atoms with Gasteiger partial charge in [-0.2, -0.15) is 0 Å². The van der Waals surface area contributed by atoms with Crippen molar-refractivity contribution in [3.63, 3.8) is 0 Å². The first-order chi connectivity index (χ1) is 6.70. The summed E-state index contributed by atoms with van der Waals surface area (Å²) in [6.45, 7) is 7.82. The molecule has 0 radical (unpaired) electrons. The van der Waals surface area contributed by atoms with E-state index < -0.39 is 6.10 Å². The maximum atomic E-state index is 9.79. The van der Waals surface area contributed by atoms with Crippen LogP contribution in [0.5, 0.6) is 0 Å². The van der Waals surface area contributed by atoms with E-state index in [0.717, 1.165) is 12.8 Å². The smallest absolute Gasteiger partial charge is 0.0934 e. The molecule has 0 aromatic carbocycles. The summed E-state index contributed by atoms with van der Waals surface area (Å²) in [4.78, 5) is 0. The van der Waals surface area contributed by atoms with Crippen LogP contribution in [0.4, 0.5) is 0 Å². The number of hydrogen-bond acceptors (Lipinski definition) is 1. The lowest BCUT2D eigenvalue weighted by atomic mass is 9.85. The van der Waals surface area contributed by atoms with Crippen LogP contribution in [0.25, 0.3) is 0 Å². The fourth-order valence-corrected chi connectivity index (χ4v) is 2.02. The highest BCUT2D eigenvalue weighted by atomic mass is 16.3. The summed E-state index contributed by atoms with van der Waals surface area (Å²) in [5, 5.41) is 9.79. The van der Waals surface area contributed by atoms with Crippen LogP contribution in [0.3, 0.4) is 0 Å². The molecule has 0 saturated heterocycles. The lowest BCUT2D eigenvalue weighted by molar-refractivity contribution is 0.250. The van der Waals surface area contributed by atoms with Crippen LogP contribution in [0, 0.1) is 0 Å². The van der Waals surface area contributed by atoms with Gasteiger partial charge in [-0.1, -0.05) is 17.7 Å². The lowest BCUT2D eigenvalue weighted by Gasteiger charge is -2.23. The van der Waals surface area contributed by atoms with E-state index in [1.165, 1.54) is 29.6 Å². The lowest BCUT2D eigenvalue weighted by Crippen LogP contribution is -2.13. The van der Waals surface area contributed by atoms with Crippen molar-refractivity contribution in [1.29, 1.82) is 0 Å². The van der Waals surface area contributed by atoms with Crippen LogP contribution in [0.2, 0.25) is 0 Å². The van der Waals surface area contributed by atoms with Crippen molar-refractivity contribution in [3.05, 3.63) is 35.5 Å². The fourth-order valence-electron chi connectivity index (χ4n) is 2.02. The third-order valence-electron chi connectivity index (χ3n) is 3.00. The van der Waals surface area contributed by atoms with Crippen molar-refractivity contribution in [2.75, 3.05) is 0 Å². The molecule has 1 aliphatic rings. The SMILES string of the molecule is C=CC(O)C1=C(/C(C)=C\C)CCCC1. The van der Waals surface area contributed by atoms with E-state index in [-0.39, 0.29) is 0 Å². The third kappa shape index (κ3) is 2.36. The van der Waals surface area contributed by atoms with Crippen molar-refractivity contribution >= 4 is 0 Å². The van der Waals surface area contributed by atoms with E-state index in [2.05, 4.69) is 26.5 Å². The van der Waals surface area contributed by atoms with E-state index in [1.54, 1.807) is 6.08 Å². The number of rotatable bonds is 3. The van der Waals surface area contributed by atoms with Crippen molar-refractivity contribution in [3.8, 4) is 0 Å². The molecule has 0 fully saturated rings. The molecule has 1 N–H and O–H groups in total. The Morgan fingerprint density at radius 1 is 1.43 bits per heavy atom. The van der Waals surface area contributed by atoms with E-state index in [1.807, 2.05) is 0 Å². The number of aliphatic hydroxyl groups excluding tert-OH is 1. The van der Waals surface area contributed by atoms with Gasteiger partial charge < -0.3 is 5.11 Å². The van der Waals surface area contributed by atoms with Gasteiger partial charge >= 0.3 is 0 Å². The van der Waals surface area contributed by atoms with Gasteiger partial charge in [-0.3, -0.25) is 0 Å². The van der Waals surface area contributed by atoms with Gasteiger partial charge in [0.25, 0.3) is 0 Å². The van der Waals surface area contributed by atoms with E-state index in [9.17, 15) is 5.11 Å². The molecule has 0 aromatic heterocycles. The molecule has 0 bridgehead atoms. The second-order valence-corrected chi connectivity index (χ2v) is 3.86. The molecule has 0 heterocycles. The zero-order valence-electron chi connectivity index (χ0n) is 9.21. The summed E-state index contributed by atoms with van der Waals surface area (Å²) in [7, 11) is 0. The second kappa shape index (κ2) is 5.16. The first-order valence-corrected chi connectivity index (χ1v) is 5.36. The first kappa shape index (κ1) is 11.3. The van der Waals surface area contributed by atoms with E-state index in [0.29, 0.717) is 0 Å². The normalized spacial score (nSPS) is 20.9. The molecule has 0 saturated carbocycles. The Balaban J connectivity index is 3.02. The summed E-state index contributed by atoms with van der Waals surface area (Å²) in [6.07, 6.45) is 7.87. The van der Waals surface area contributed by atoms with Gasteiger partial charge in [0.1, 0.15) is 0 Å². The first-order valence-electron chi connectivity index (χ1n) is 5.36. The van der Waals surface area contributed by atoms with Crippen LogP contribution in [-0.2, 0) is 0 Å². The Morgan fingerprint density at radius 2 is 2.07 bits per heavy atom. The molecule has 1 aliphatic carbocycles. The summed E-state index contributed by atoms with van der Waals surface area (Å²) in [5.74, 6) is 0. The summed E-state index contributed by atoms with van der Waals surface area (Å²) in [6, 6.07) is 0. The van der Waals surface area contributed by atoms with Gasteiger partial charge in [-0.25, -0.2) is 0 Å². The molecular weight excluding hydrogens is 172 g/mol. The molecule has 0 spiro atoms. The zero-order chi connectivity index (χ0) is 10.6. The molecule has 14 heavy (non-hydrogen) atoms. The molecular formula is C13H20O. The van der Waals surface area contributed by atoms with Gasteiger partial charge in [0.15, 0.2) is 0 Å². The van der Waals surface area contributed by atoms with Gasteiger partial charge in [0, 0.05) is 0 Å². The minimum atomic E-state index is -0.444.